The maximum Gasteiger partial charge on any atom is 0.269 e. The summed E-state index contributed by atoms with van der Waals surface area (Å²) in [6.07, 6.45) is 0.0445. The Balaban J connectivity index is 1.66. The van der Waals surface area contributed by atoms with Crippen molar-refractivity contribution >= 4 is 16.7 Å². The Morgan fingerprint density at radius 1 is 1.24 bits per heavy atom. The van der Waals surface area contributed by atoms with Gasteiger partial charge in [-0.1, -0.05) is 19.1 Å². The highest BCUT2D eigenvalue weighted by atomic mass is 16.6. The van der Waals surface area contributed by atoms with E-state index in [4.69, 9.17) is 4.74 Å². The SMILES string of the molecule is CCc1nc2ccccc2n1C[C@@H](O)COc1ccc([N+](=O)[O-])cc1. The van der Waals surface area contributed by atoms with Crippen LogP contribution < -0.4 is 4.74 Å². The molecule has 0 aliphatic rings. The first-order chi connectivity index (χ1) is 12.1. The third-order valence-corrected chi connectivity index (χ3v) is 3.93. The van der Waals surface area contributed by atoms with Gasteiger partial charge in [0.15, 0.2) is 0 Å². The second-order valence-electron chi connectivity index (χ2n) is 5.70. The second-order valence-corrected chi connectivity index (χ2v) is 5.70. The van der Waals surface area contributed by atoms with Gasteiger partial charge >= 0.3 is 0 Å². The first-order valence-corrected chi connectivity index (χ1v) is 8.08. The molecule has 0 bridgehead atoms. The highest BCUT2D eigenvalue weighted by Crippen LogP contribution is 2.19. The largest absolute Gasteiger partial charge is 0.491 e. The summed E-state index contributed by atoms with van der Waals surface area (Å²) < 4.78 is 7.53. The van der Waals surface area contributed by atoms with E-state index in [0.29, 0.717) is 12.3 Å². The van der Waals surface area contributed by atoms with Gasteiger partial charge in [0.1, 0.15) is 24.3 Å². The van der Waals surface area contributed by atoms with E-state index in [1.807, 2.05) is 35.8 Å². The normalized spacial score (nSPS) is 12.2. The fraction of sp³-hybridized carbons (Fsp3) is 0.278. The second kappa shape index (κ2) is 7.31. The van der Waals surface area contributed by atoms with Gasteiger partial charge in [0.2, 0.25) is 0 Å². The van der Waals surface area contributed by atoms with E-state index in [0.717, 1.165) is 23.3 Å². The molecule has 1 atom stereocenters. The van der Waals surface area contributed by atoms with E-state index >= 15 is 0 Å². The fourth-order valence-corrected chi connectivity index (χ4v) is 2.72. The minimum Gasteiger partial charge on any atom is -0.491 e. The molecule has 0 amide bonds. The fourth-order valence-electron chi connectivity index (χ4n) is 2.72. The molecule has 0 fully saturated rings. The van der Waals surface area contributed by atoms with Crippen LogP contribution in [0.15, 0.2) is 48.5 Å². The number of ether oxygens (including phenoxy) is 1. The lowest BCUT2D eigenvalue weighted by Crippen LogP contribution is -2.24. The molecule has 3 rings (SSSR count). The molecule has 0 radical (unpaired) electrons. The molecular formula is C18H19N3O4. The number of aryl methyl sites for hydroxylation is 1. The molecule has 130 valence electrons. The highest BCUT2D eigenvalue weighted by Gasteiger charge is 2.14. The average Bonchev–Trinajstić information content (AvgIpc) is 2.98. The lowest BCUT2D eigenvalue weighted by Gasteiger charge is -2.15. The molecule has 1 heterocycles. The minimum atomic E-state index is -0.724. The van der Waals surface area contributed by atoms with Gasteiger partial charge in [0.25, 0.3) is 5.69 Å². The Bertz CT molecular complexity index is 874. The number of hydrogen-bond donors (Lipinski definition) is 1. The van der Waals surface area contributed by atoms with Gasteiger partial charge in [-0.3, -0.25) is 10.1 Å². The Morgan fingerprint density at radius 2 is 1.96 bits per heavy atom. The zero-order valence-electron chi connectivity index (χ0n) is 13.8. The quantitative estimate of drug-likeness (QED) is 0.527. The summed E-state index contributed by atoms with van der Waals surface area (Å²) in [4.78, 5) is 14.8. The topological polar surface area (TPSA) is 90.4 Å². The number of hydrogen-bond acceptors (Lipinski definition) is 5. The maximum absolute atomic E-state index is 10.6. The molecule has 0 aliphatic carbocycles. The minimum absolute atomic E-state index is 0.00497. The molecule has 25 heavy (non-hydrogen) atoms. The van der Waals surface area contributed by atoms with E-state index < -0.39 is 11.0 Å². The zero-order valence-corrected chi connectivity index (χ0v) is 13.8. The summed E-state index contributed by atoms with van der Waals surface area (Å²) in [5.74, 6) is 1.39. The lowest BCUT2D eigenvalue weighted by atomic mass is 10.3. The van der Waals surface area contributed by atoms with Crippen LogP contribution in [0.25, 0.3) is 11.0 Å². The van der Waals surface area contributed by atoms with Crippen LogP contribution in [-0.4, -0.2) is 32.3 Å². The molecule has 0 saturated heterocycles. The third kappa shape index (κ3) is 3.77. The average molecular weight is 341 g/mol. The number of nitrogens with zero attached hydrogens (tertiary/aromatic N) is 3. The predicted octanol–water partition coefficient (Wildman–Crippen LogP) is 2.95. The van der Waals surface area contributed by atoms with Crippen molar-refractivity contribution < 1.29 is 14.8 Å². The number of non-ortho nitro benzene ring substituents is 1. The number of aliphatic hydroxyl groups is 1. The number of aliphatic hydroxyl groups excluding tert-OH is 1. The smallest absolute Gasteiger partial charge is 0.269 e. The summed E-state index contributed by atoms with van der Waals surface area (Å²) in [6, 6.07) is 13.6. The van der Waals surface area contributed by atoms with Gasteiger partial charge in [0.05, 0.1) is 22.5 Å². The van der Waals surface area contributed by atoms with Crippen molar-refractivity contribution in [1.29, 1.82) is 0 Å². The number of nitro groups is 1. The van der Waals surface area contributed by atoms with Crippen LogP contribution in [0.5, 0.6) is 5.75 Å². The number of imidazole rings is 1. The van der Waals surface area contributed by atoms with Crippen molar-refractivity contribution in [1.82, 2.24) is 9.55 Å². The van der Waals surface area contributed by atoms with Crippen LogP contribution in [0.4, 0.5) is 5.69 Å². The number of rotatable bonds is 7. The summed E-state index contributed by atoms with van der Waals surface area (Å²) in [5, 5.41) is 21.0. The molecule has 0 spiro atoms. The number of aromatic nitrogens is 2. The Kier molecular flexibility index (Phi) is 4.95. The van der Waals surface area contributed by atoms with Crippen molar-refractivity contribution in [3.63, 3.8) is 0 Å². The monoisotopic (exact) mass is 341 g/mol. The summed E-state index contributed by atoms with van der Waals surface area (Å²) >= 11 is 0. The summed E-state index contributed by atoms with van der Waals surface area (Å²) in [6.45, 7) is 2.49. The maximum atomic E-state index is 10.6. The molecule has 1 N–H and O–H groups in total. The first-order valence-electron chi connectivity index (χ1n) is 8.08. The van der Waals surface area contributed by atoms with E-state index in [2.05, 4.69) is 4.98 Å². The predicted molar refractivity (Wildman–Crippen MR) is 93.7 cm³/mol. The number of para-hydroxylation sites is 2. The van der Waals surface area contributed by atoms with Gasteiger partial charge in [-0.15, -0.1) is 0 Å². The van der Waals surface area contributed by atoms with Crippen LogP contribution in [0.1, 0.15) is 12.7 Å². The highest BCUT2D eigenvalue weighted by molar-refractivity contribution is 5.75. The summed E-state index contributed by atoms with van der Waals surface area (Å²) in [5.41, 5.74) is 1.89. The molecule has 3 aromatic rings. The van der Waals surface area contributed by atoms with E-state index in [9.17, 15) is 15.2 Å². The van der Waals surface area contributed by atoms with Crippen LogP contribution in [0.2, 0.25) is 0 Å². The molecule has 0 aliphatic heterocycles. The number of benzene rings is 2. The standard InChI is InChI=1S/C18H19N3O4/c1-2-18-19-16-5-3-4-6-17(16)20(18)11-14(22)12-25-15-9-7-13(8-10-15)21(23)24/h3-10,14,22H,2,11-12H2,1H3/t14-/m1/s1. The molecule has 7 nitrogen and oxygen atoms in total. The van der Waals surface area contributed by atoms with Gasteiger partial charge in [0, 0.05) is 18.6 Å². The third-order valence-electron chi connectivity index (χ3n) is 3.93. The van der Waals surface area contributed by atoms with Gasteiger partial charge in [-0.05, 0) is 24.3 Å². The van der Waals surface area contributed by atoms with Crippen molar-refractivity contribution in [3.05, 3.63) is 64.5 Å². The van der Waals surface area contributed by atoms with Crippen molar-refractivity contribution in [2.45, 2.75) is 26.0 Å². The van der Waals surface area contributed by atoms with Crippen molar-refractivity contribution in [3.8, 4) is 5.75 Å². The summed E-state index contributed by atoms with van der Waals surface area (Å²) in [7, 11) is 0. The molecular weight excluding hydrogens is 322 g/mol. The molecule has 1 aromatic heterocycles. The Labute approximate surface area is 144 Å². The Hall–Kier alpha value is -2.93. The molecule has 0 unspecified atom stereocenters. The van der Waals surface area contributed by atoms with Gasteiger partial charge in [-0.2, -0.15) is 0 Å². The van der Waals surface area contributed by atoms with Crippen molar-refractivity contribution in [2.24, 2.45) is 0 Å². The van der Waals surface area contributed by atoms with Gasteiger partial charge < -0.3 is 14.4 Å². The number of fused-ring (bicyclic) bond motifs is 1. The van der Waals surface area contributed by atoms with E-state index in [1.54, 1.807) is 0 Å². The first kappa shape index (κ1) is 16.9. The molecule has 2 aromatic carbocycles. The number of nitro benzene ring substituents is 1. The van der Waals surface area contributed by atoms with Crippen LogP contribution in [-0.2, 0) is 13.0 Å². The van der Waals surface area contributed by atoms with Gasteiger partial charge in [-0.25, -0.2) is 4.98 Å². The molecule has 7 heteroatoms. The lowest BCUT2D eigenvalue weighted by molar-refractivity contribution is -0.384. The van der Waals surface area contributed by atoms with E-state index in [1.165, 1.54) is 24.3 Å². The zero-order chi connectivity index (χ0) is 17.8. The molecule has 0 saturated carbocycles. The van der Waals surface area contributed by atoms with Crippen molar-refractivity contribution in [2.75, 3.05) is 6.61 Å². The Morgan fingerprint density at radius 3 is 2.64 bits per heavy atom. The van der Waals surface area contributed by atoms with Crippen LogP contribution in [0, 0.1) is 10.1 Å². The van der Waals surface area contributed by atoms with E-state index in [-0.39, 0.29) is 12.3 Å². The van der Waals surface area contributed by atoms with Crippen LogP contribution >= 0.6 is 0 Å². The van der Waals surface area contributed by atoms with Crippen LogP contribution in [0.3, 0.4) is 0 Å².